The highest BCUT2D eigenvalue weighted by molar-refractivity contribution is 6.08. The topological polar surface area (TPSA) is 92.8 Å². The average molecular weight is 461 g/mol. The summed E-state index contributed by atoms with van der Waals surface area (Å²) < 4.78 is 5.33. The van der Waals surface area contributed by atoms with Gasteiger partial charge in [0.1, 0.15) is 6.04 Å². The van der Waals surface area contributed by atoms with Gasteiger partial charge in [-0.05, 0) is 36.5 Å². The van der Waals surface area contributed by atoms with Crippen LogP contribution in [0, 0.1) is 11.8 Å². The predicted molar refractivity (Wildman–Crippen MR) is 127 cm³/mol. The number of anilines is 1. The Kier molecular flexibility index (Phi) is 7.21. The van der Waals surface area contributed by atoms with E-state index in [9.17, 15) is 19.2 Å². The molecule has 176 valence electrons. The number of aryl methyl sites for hydroxylation is 1. The fourth-order valence-corrected chi connectivity index (χ4v) is 4.62. The number of likely N-dealkylation sites (tertiary alicyclic amines) is 1. The first kappa shape index (κ1) is 23.4. The first-order valence-corrected chi connectivity index (χ1v) is 11.6. The van der Waals surface area contributed by atoms with Crippen molar-refractivity contribution >= 4 is 29.4 Å². The fraction of sp³-hybridized carbons (Fsp3) is 0.333. The van der Waals surface area contributed by atoms with Gasteiger partial charge in [-0.25, -0.2) is 4.79 Å². The number of para-hydroxylation sites is 1. The van der Waals surface area contributed by atoms with Gasteiger partial charge in [-0.3, -0.25) is 19.3 Å². The molecule has 7 heteroatoms. The number of rotatable bonds is 8. The normalized spacial score (nSPS) is 20.1. The molecule has 1 N–H and O–H groups in total. The van der Waals surface area contributed by atoms with Crippen LogP contribution in [0.5, 0.6) is 0 Å². The number of imide groups is 1. The molecule has 7 nitrogen and oxygen atoms in total. The monoisotopic (exact) mass is 460 g/mol. The number of benzene rings is 2. The van der Waals surface area contributed by atoms with Crippen molar-refractivity contribution in [2.24, 2.45) is 11.8 Å². The summed E-state index contributed by atoms with van der Waals surface area (Å²) in [5, 5.41) is 2.76. The molecule has 3 atom stereocenters. The highest BCUT2D eigenvalue weighted by Crippen LogP contribution is 2.36. The molecular formula is C27H28N2O5. The summed E-state index contributed by atoms with van der Waals surface area (Å²) in [5.41, 5.74) is 2.42. The Morgan fingerprint density at radius 2 is 1.59 bits per heavy atom. The third kappa shape index (κ3) is 4.93. The number of nitrogens with zero attached hydrogens (tertiary/aromatic N) is 1. The number of carbonyl (C=O) groups is 4. The van der Waals surface area contributed by atoms with Gasteiger partial charge in [0, 0.05) is 12.1 Å². The zero-order valence-electron chi connectivity index (χ0n) is 19.1. The van der Waals surface area contributed by atoms with Crippen LogP contribution in [0.25, 0.3) is 0 Å². The highest BCUT2D eigenvalue weighted by atomic mass is 16.5. The van der Waals surface area contributed by atoms with E-state index in [1.807, 2.05) is 67.6 Å². The lowest BCUT2D eigenvalue weighted by atomic mass is 9.85. The van der Waals surface area contributed by atoms with Crippen LogP contribution < -0.4 is 5.32 Å². The van der Waals surface area contributed by atoms with Crippen LogP contribution in [0.2, 0.25) is 0 Å². The molecular weight excluding hydrogens is 432 g/mol. The molecule has 3 amide bonds. The van der Waals surface area contributed by atoms with Crippen LogP contribution in [0.3, 0.4) is 0 Å². The van der Waals surface area contributed by atoms with E-state index < -0.39 is 36.4 Å². The number of amides is 3. The molecule has 2 aromatic rings. The molecule has 4 rings (SSSR count). The second-order valence-electron chi connectivity index (χ2n) is 8.57. The maximum absolute atomic E-state index is 13.1. The molecule has 0 saturated carbocycles. The molecule has 1 aliphatic carbocycles. The Bertz CT molecular complexity index is 1090. The summed E-state index contributed by atoms with van der Waals surface area (Å²) in [7, 11) is 0. The van der Waals surface area contributed by atoms with Crippen molar-refractivity contribution in [1.82, 2.24) is 4.90 Å². The minimum absolute atomic E-state index is 0.129. The summed E-state index contributed by atoms with van der Waals surface area (Å²) in [6.45, 7) is 1.48. The molecule has 0 aromatic heterocycles. The van der Waals surface area contributed by atoms with Gasteiger partial charge in [0.15, 0.2) is 6.61 Å². The molecule has 0 bridgehead atoms. The molecule has 2 aromatic carbocycles. The Balaban J connectivity index is 1.49. The first-order valence-electron chi connectivity index (χ1n) is 11.6. The van der Waals surface area contributed by atoms with Crippen molar-refractivity contribution in [3.8, 4) is 0 Å². The third-order valence-electron chi connectivity index (χ3n) is 6.42. The summed E-state index contributed by atoms with van der Waals surface area (Å²) in [5.74, 6) is -2.84. The van der Waals surface area contributed by atoms with Crippen molar-refractivity contribution in [2.75, 3.05) is 11.9 Å². The van der Waals surface area contributed by atoms with Crippen molar-refractivity contribution < 1.29 is 23.9 Å². The zero-order valence-corrected chi connectivity index (χ0v) is 19.1. The van der Waals surface area contributed by atoms with Gasteiger partial charge in [-0.1, -0.05) is 67.6 Å². The smallest absolute Gasteiger partial charge is 0.330 e. The van der Waals surface area contributed by atoms with E-state index in [1.54, 1.807) is 6.07 Å². The molecule has 1 aliphatic heterocycles. The van der Waals surface area contributed by atoms with Gasteiger partial charge in [0.25, 0.3) is 5.91 Å². The predicted octanol–water partition coefficient (Wildman–Crippen LogP) is 3.29. The highest BCUT2D eigenvalue weighted by Gasteiger charge is 2.51. The second-order valence-corrected chi connectivity index (χ2v) is 8.57. The molecule has 1 fully saturated rings. The molecule has 0 unspecified atom stereocenters. The van der Waals surface area contributed by atoms with Gasteiger partial charge >= 0.3 is 5.97 Å². The summed E-state index contributed by atoms with van der Waals surface area (Å²) in [6, 6.07) is 15.4. The number of carbonyl (C=O) groups excluding carboxylic acids is 4. The number of fused-ring (bicyclic) bond motifs is 1. The van der Waals surface area contributed by atoms with E-state index in [-0.39, 0.29) is 18.2 Å². The Morgan fingerprint density at radius 1 is 0.971 bits per heavy atom. The first-order chi connectivity index (χ1) is 16.5. The lowest BCUT2D eigenvalue weighted by Gasteiger charge is -2.25. The third-order valence-corrected chi connectivity index (χ3v) is 6.42. The van der Waals surface area contributed by atoms with Gasteiger partial charge in [-0.15, -0.1) is 0 Å². The van der Waals surface area contributed by atoms with E-state index in [2.05, 4.69) is 5.32 Å². The van der Waals surface area contributed by atoms with E-state index in [0.29, 0.717) is 18.5 Å². The minimum Gasteiger partial charge on any atom is -0.454 e. The molecule has 1 saturated heterocycles. The van der Waals surface area contributed by atoms with Crippen LogP contribution in [0.15, 0.2) is 66.7 Å². The lowest BCUT2D eigenvalue weighted by Crippen LogP contribution is -2.48. The van der Waals surface area contributed by atoms with Crippen molar-refractivity contribution in [1.29, 1.82) is 0 Å². The number of allylic oxidation sites excluding steroid dienone is 2. The van der Waals surface area contributed by atoms with Crippen LogP contribution in [-0.4, -0.2) is 41.2 Å². The largest absolute Gasteiger partial charge is 0.454 e. The average Bonchev–Trinajstić information content (AvgIpc) is 3.12. The Hall–Kier alpha value is -3.74. The maximum atomic E-state index is 13.1. The standard InChI is InChI=1S/C27H28N2O5/c1-2-19-12-6-9-15-22(19)28-24(30)17-34-27(33)23(16-18-10-4-3-5-11-18)29-25(31)20-13-7-8-14-21(20)26(29)32/h3-12,15,20-21,23H,2,13-14,16-17H2,1H3,(H,28,30)/t20-,21+,23-/m0/s1. The quantitative estimate of drug-likeness (QED) is 0.371. The number of hydrogen-bond donors (Lipinski definition) is 1. The Labute approximate surface area is 198 Å². The van der Waals surface area contributed by atoms with Gasteiger partial charge in [0.05, 0.1) is 11.8 Å². The van der Waals surface area contributed by atoms with E-state index in [4.69, 9.17) is 4.74 Å². The summed E-state index contributed by atoms with van der Waals surface area (Å²) in [4.78, 5) is 52.9. The van der Waals surface area contributed by atoms with Gasteiger partial charge in [-0.2, -0.15) is 0 Å². The molecule has 34 heavy (non-hydrogen) atoms. The van der Waals surface area contributed by atoms with Crippen molar-refractivity contribution in [3.63, 3.8) is 0 Å². The number of nitrogens with one attached hydrogen (secondary N) is 1. The van der Waals surface area contributed by atoms with Gasteiger partial charge in [0.2, 0.25) is 11.8 Å². The van der Waals surface area contributed by atoms with Crippen molar-refractivity contribution in [3.05, 3.63) is 77.9 Å². The van der Waals surface area contributed by atoms with Crippen LogP contribution >= 0.6 is 0 Å². The fourth-order valence-electron chi connectivity index (χ4n) is 4.62. The second kappa shape index (κ2) is 10.5. The number of ether oxygens (including phenoxy) is 1. The SMILES string of the molecule is CCc1ccccc1NC(=O)COC(=O)[C@H](Cc1ccccc1)N1C(=O)[C@H]2CC=CC[C@H]2C1=O. The van der Waals surface area contributed by atoms with Crippen LogP contribution in [0.1, 0.15) is 30.9 Å². The Morgan fingerprint density at radius 3 is 2.24 bits per heavy atom. The number of hydrogen-bond acceptors (Lipinski definition) is 5. The lowest BCUT2D eigenvalue weighted by molar-refractivity contribution is -0.159. The summed E-state index contributed by atoms with van der Waals surface area (Å²) >= 11 is 0. The molecule has 2 aliphatic rings. The summed E-state index contributed by atoms with van der Waals surface area (Å²) in [6.07, 6.45) is 5.64. The van der Waals surface area contributed by atoms with Crippen molar-refractivity contribution in [2.45, 2.75) is 38.6 Å². The van der Waals surface area contributed by atoms with E-state index >= 15 is 0 Å². The minimum atomic E-state index is -1.12. The van der Waals surface area contributed by atoms with Crippen LogP contribution in [-0.2, 0) is 36.8 Å². The van der Waals surface area contributed by atoms with Gasteiger partial charge < -0.3 is 10.1 Å². The van der Waals surface area contributed by atoms with E-state index in [1.165, 1.54) is 0 Å². The maximum Gasteiger partial charge on any atom is 0.330 e. The molecule has 0 spiro atoms. The molecule has 0 radical (unpaired) electrons. The molecule has 1 heterocycles. The number of esters is 1. The van der Waals surface area contributed by atoms with E-state index in [0.717, 1.165) is 22.4 Å². The van der Waals surface area contributed by atoms with Crippen LogP contribution in [0.4, 0.5) is 5.69 Å². The zero-order chi connectivity index (χ0) is 24.1.